The maximum absolute atomic E-state index is 11.5. The smallest absolute Gasteiger partial charge is 0.269 e. The molecule has 9 heteroatoms. The van der Waals surface area contributed by atoms with Gasteiger partial charge in [-0.15, -0.1) is 24.0 Å². The van der Waals surface area contributed by atoms with E-state index in [2.05, 4.69) is 20.9 Å². The van der Waals surface area contributed by atoms with Gasteiger partial charge >= 0.3 is 0 Å². The van der Waals surface area contributed by atoms with Crippen molar-refractivity contribution in [1.29, 1.82) is 0 Å². The molecule has 0 bridgehead atoms. The van der Waals surface area contributed by atoms with Gasteiger partial charge < -0.3 is 16.0 Å². The lowest BCUT2D eigenvalue weighted by atomic mass is 10.2. The van der Waals surface area contributed by atoms with Crippen LogP contribution < -0.4 is 16.0 Å². The van der Waals surface area contributed by atoms with E-state index < -0.39 is 4.92 Å². The van der Waals surface area contributed by atoms with Gasteiger partial charge in [-0.3, -0.25) is 14.9 Å². The molecule has 0 atom stereocenters. The highest BCUT2D eigenvalue weighted by molar-refractivity contribution is 14.0. The predicted octanol–water partition coefficient (Wildman–Crippen LogP) is 1.79. The average molecular weight is 461 g/mol. The molecule has 1 aromatic carbocycles. The zero-order valence-corrected chi connectivity index (χ0v) is 16.5. The van der Waals surface area contributed by atoms with E-state index in [1.54, 1.807) is 12.1 Å². The molecule has 0 unspecified atom stereocenters. The maximum atomic E-state index is 11.5. The Morgan fingerprint density at radius 3 is 2.40 bits per heavy atom. The Labute approximate surface area is 164 Å². The molecule has 0 aliphatic heterocycles. The molecule has 3 N–H and O–H groups in total. The fourth-order valence-corrected chi connectivity index (χ4v) is 2.09. The molecule has 0 aromatic heterocycles. The van der Waals surface area contributed by atoms with Crippen molar-refractivity contribution >= 4 is 41.5 Å². The number of benzene rings is 1. The van der Waals surface area contributed by atoms with Crippen molar-refractivity contribution in [3.8, 4) is 0 Å². The molecular weight excluding hydrogens is 437 g/mol. The zero-order valence-electron chi connectivity index (χ0n) is 14.2. The van der Waals surface area contributed by atoms with Gasteiger partial charge in [-0.05, 0) is 25.3 Å². The number of carbonyl (C=O) groups excluding carboxylic acids is 1. The number of hydrogen-bond acceptors (Lipinski definition) is 4. The number of guanidine groups is 1. The van der Waals surface area contributed by atoms with Crippen LogP contribution in [-0.4, -0.2) is 36.4 Å². The van der Waals surface area contributed by atoms with Gasteiger partial charge in [-0.2, -0.15) is 0 Å². The van der Waals surface area contributed by atoms with E-state index in [1.165, 1.54) is 12.1 Å². The highest BCUT2D eigenvalue weighted by atomic mass is 127. The molecule has 0 saturated heterocycles. The van der Waals surface area contributed by atoms with E-state index in [-0.39, 0.29) is 41.5 Å². The number of rotatable bonds is 8. The van der Waals surface area contributed by atoms with Crippen LogP contribution in [0.1, 0.15) is 25.3 Å². The van der Waals surface area contributed by atoms with Crippen molar-refractivity contribution in [1.82, 2.24) is 16.0 Å². The zero-order chi connectivity index (χ0) is 17.4. The molecule has 1 aliphatic carbocycles. The lowest BCUT2D eigenvalue weighted by Gasteiger charge is -2.11. The quantitative estimate of drug-likeness (QED) is 0.137. The minimum absolute atomic E-state index is 0. The first kappa shape index (κ1) is 21.1. The van der Waals surface area contributed by atoms with Crippen LogP contribution >= 0.6 is 24.0 Å². The Kier molecular flexibility index (Phi) is 9.17. The summed E-state index contributed by atoms with van der Waals surface area (Å²) in [6, 6.07) is 6.33. The van der Waals surface area contributed by atoms with E-state index in [4.69, 9.17) is 0 Å². The van der Waals surface area contributed by atoms with Crippen LogP contribution in [0.4, 0.5) is 5.69 Å². The van der Waals surface area contributed by atoms with Gasteiger partial charge in [0, 0.05) is 37.7 Å². The van der Waals surface area contributed by atoms with Gasteiger partial charge in [-0.1, -0.05) is 12.1 Å². The molecular formula is C16H24IN5O3. The van der Waals surface area contributed by atoms with Crippen molar-refractivity contribution < 1.29 is 9.72 Å². The average Bonchev–Trinajstić information content (AvgIpc) is 3.41. The third-order valence-corrected chi connectivity index (χ3v) is 3.58. The molecule has 138 valence electrons. The predicted molar refractivity (Wildman–Crippen MR) is 107 cm³/mol. The van der Waals surface area contributed by atoms with Crippen LogP contribution in [0, 0.1) is 16.0 Å². The number of nitrogens with one attached hydrogen (secondary N) is 3. The number of nitro groups is 1. The molecule has 2 rings (SSSR count). The summed E-state index contributed by atoms with van der Waals surface area (Å²) in [4.78, 5) is 26.2. The molecule has 1 aliphatic rings. The lowest BCUT2D eigenvalue weighted by molar-refractivity contribution is -0.384. The first-order valence-electron chi connectivity index (χ1n) is 8.13. The molecule has 0 radical (unpaired) electrons. The molecule has 1 fully saturated rings. The van der Waals surface area contributed by atoms with E-state index >= 15 is 0 Å². The summed E-state index contributed by atoms with van der Waals surface area (Å²) in [6.07, 6.45) is 2.00. The third-order valence-electron chi connectivity index (χ3n) is 3.58. The number of non-ortho nitro benzene ring substituents is 1. The van der Waals surface area contributed by atoms with Crippen molar-refractivity contribution in [2.75, 3.05) is 19.6 Å². The lowest BCUT2D eigenvalue weighted by Crippen LogP contribution is -2.41. The Morgan fingerprint density at radius 1 is 1.20 bits per heavy atom. The first-order valence-corrected chi connectivity index (χ1v) is 8.13. The number of halogens is 1. The highest BCUT2D eigenvalue weighted by Crippen LogP contribution is 2.28. The SMILES string of the molecule is CCNC(=NCc1ccc([N+](=O)[O-])cc1)NCCNC(=O)C1CC1.I. The molecule has 1 saturated carbocycles. The molecule has 25 heavy (non-hydrogen) atoms. The van der Waals surface area contributed by atoms with E-state index in [1.807, 2.05) is 6.92 Å². The van der Waals surface area contributed by atoms with Crippen LogP contribution in [0.3, 0.4) is 0 Å². The van der Waals surface area contributed by atoms with Crippen LogP contribution in [0.5, 0.6) is 0 Å². The monoisotopic (exact) mass is 461 g/mol. The minimum atomic E-state index is -0.422. The molecule has 1 aromatic rings. The summed E-state index contributed by atoms with van der Waals surface area (Å²) < 4.78 is 0. The van der Waals surface area contributed by atoms with Gasteiger partial charge in [-0.25, -0.2) is 4.99 Å². The van der Waals surface area contributed by atoms with Gasteiger partial charge in [0.05, 0.1) is 11.5 Å². The van der Waals surface area contributed by atoms with E-state index in [0.717, 1.165) is 24.9 Å². The number of hydrogen-bond donors (Lipinski definition) is 3. The fourth-order valence-electron chi connectivity index (χ4n) is 2.09. The topological polar surface area (TPSA) is 109 Å². The van der Waals surface area contributed by atoms with Gasteiger partial charge in [0.1, 0.15) is 0 Å². The van der Waals surface area contributed by atoms with Crippen LogP contribution in [0.15, 0.2) is 29.3 Å². The number of nitrogens with zero attached hydrogens (tertiary/aromatic N) is 2. The van der Waals surface area contributed by atoms with Gasteiger partial charge in [0.2, 0.25) is 5.91 Å². The Hall–Kier alpha value is -1.91. The van der Waals surface area contributed by atoms with E-state index in [0.29, 0.717) is 25.6 Å². The number of nitro benzene ring substituents is 1. The molecule has 0 spiro atoms. The second-order valence-electron chi connectivity index (χ2n) is 5.61. The maximum Gasteiger partial charge on any atom is 0.269 e. The Balaban J connectivity index is 0.00000312. The fraction of sp³-hybridized carbons (Fsp3) is 0.500. The minimum Gasteiger partial charge on any atom is -0.357 e. The van der Waals surface area contributed by atoms with Crippen LogP contribution in [-0.2, 0) is 11.3 Å². The number of carbonyl (C=O) groups is 1. The third kappa shape index (κ3) is 7.67. The van der Waals surface area contributed by atoms with E-state index in [9.17, 15) is 14.9 Å². The highest BCUT2D eigenvalue weighted by Gasteiger charge is 2.28. The molecule has 8 nitrogen and oxygen atoms in total. The van der Waals surface area contributed by atoms with Gasteiger partial charge in [0.25, 0.3) is 5.69 Å². The standard InChI is InChI=1S/C16H23N5O3.HI/c1-2-17-16(19-10-9-18-15(22)13-5-6-13)20-11-12-3-7-14(8-4-12)21(23)24;/h3-4,7-8,13H,2,5-6,9-11H2,1H3,(H,18,22)(H2,17,19,20);1H. The molecule has 0 heterocycles. The van der Waals surface area contributed by atoms with Crippen molar-refractivity contribution in [3.05, 3.63) is 39.9 Å². The number of aliphatic imine (C=N–C) groups is 1. The summed E-state index contributed by atoms with van der Waals surface area (Å²) in [6.45, 7) is 4.25. The largest absolute Gasteiger partial charge is 0.357 e. The van der Waals surface area contributed by atoms with Crippen molar-refractivity contribution in [2.45, 2.75) is 26.3 Å². The second-order valence-corrected chi connectivity index (χ2v) is 5.61. The summed E-state index contributed by atoms with van der Waals surface area (Å²) in [5.74, 6) is 0.996. The Bertz CT molecular complexity index is 602. The summed E-state index contributed by atoms with van der Waals surface area (Å²) in [7, 11) is 0. The van der Waals surface area contributed by atoms with Crippen molar-refractivity contribution in [2.24, 2.45) is 10.9 Å². The summed E-state index contributed by atoms with van der Waals surface area (Å²) >= 11 is 0. The first-order chi connectivity index (χ1) is 11.6. The normalized spacial score (nSPS) is 13.6. The van der Waals surface area contributed by atoms with Crippen LogP contribution in [0.2, 0.25) is 0 Å². The summed E-state index contributed by atoms with van der Waals surface area (Å²) in [5.41, 5.74) is 0.957. The van der Waals surface area contributed by atoms with Gasteiger partial charge in [0.15, 0.2) is 5.96 Å². The van der Waals surface area contributed by atoms with Crippen LogP contribution in [0.25, 0.3) is 0 Å². The number of amides is 1. The van der Waals surface area contributed by atoms with Crippen molar-refractivity contribution in [3.63, 3.8) is 0 Å². The Morgan fingerprint density at radius 2 is 1.84 bits per heavy atom. The molecule has 1 amide bonds. The summed E-state index contributed by atoms with van der Waals surface area (Å²) in [5, 5.41) is 19.8. The second kappa shape index (κ2) is 10.9.